The maximum absolute atomic E-state index is 13.7. The Hall–Kier alpha value is -4.44. The smallest absolute Gasteiger partial charge is 0.340 e. The lowest BCUT2D eigenvalue weighted by atomic mass is 10.1. The number of amides is 1. The molecular weight excluding hydrogens is 600 g/mol. The quantitative estimate of drug-likeness (QED) is 0.146. The molecule has 226 valence electrons. The maximum Gasteiger partial charge on any atom is 0.340 e. The van der Waals surface area contributed by atoms with Gasteiger partial charge in [0.2, 0.25) is 10.0 Å². The van der Waals surface area contributed by atoms with Crippen LogP contribution >= 0.6 is 11.6 Å². The predicted octanol–water partition coefficient (Wildman–Crippen LogP) is 6.51. The van der Waals surface area contributed by atoms with Gasteiger partial charge in [0.15, 0.2) is 0 Å². The molecule has 4 aromatic rings. The van der Waals surface area contributed by atoms with Crippen LogP contribution in [0.25, 0.3) is 6.08 Å². The number of esters is 1. The fourth-order valence-corrected chi connectivity index (χ4v) is 6.47. The molecule has 0 bridgehead atoms. The number of hydrogen-bond donors (Lipinski definition) is 0. The van der Waals surface area contributed by atoms with Crippen molar-refractivity contribution in [2.45, 2.75) is 38.4 Å². The Morgan fingerprint density at radius 3 is 2.23 bits per heavy atom. The normalized spacial score (nSPS) is 14.6. The van der Waals surface area contributed by atoms with Gasteiger partial charge in [-0.1, -0.05) is 71.8 Å². The molecule has 44 heavy (non-hydrogen) atoms. The van der Waals surface area contributed by atoms with Crippen LogP contribution in [0, 0.1) is 6.92 Å². The molecular formula is C34H31ClN2O6S. The lowest BCUT2D eigenvalue weighted by Gasteiger charge is -2.21. The van der Waals surface area contributed by atoms with Gasteiger partial charge in [0.25, 0.3) is 5.91 Å². The number of allylic oxidation sites excluding steroid dienone is 1. The number of carbonyl (C=O) groups is 2. The van der Waals surface area contributed by atoms with E-state index in [4.69, 9.17) is 20.8 Å². The molecule has 1 aromatic heterocycles. The molecule has 0 N–H and O–H groups in total. The molecule has 0 unspecified atom stereocenters. The van der Waals surface area contributed by atoms with Crippen molar-refractivity contribution >= 4 is 39.6 Å². The van der Waals surface area contributed by atoms with E-state index in [0.29, 0.717) is 22.2 Å². The van der Waals surface area contributed by atoms with Crippen molar-refractivity contribution < 1.29 is 27.2 Å². The van der Waals surface area contributed by atoms with Crippen LogP contribution in [0.15, 0.2) is 117 Å². The van der Waals surface area contributed by atoms with Crippen molar-refractivity contribution in [3.8, 4) is 0 Å². The topological polar surface area (TPSA) is 97.1 Å². The van der Waals surface area contributed by atoms with Crippen molar-refractivity contribution in [2.24, 2.45) is 0 Å². The second-order valence-corrected chi connectivity index (χ2v) is 12.8. The Bertz CT molecular complexity index is 1840. The first-order valence-corrected chi connectivity index (χ1v) is 15.7. The average molecular weight is 631 g/mol. The minimum Gasteiger partial charge on any atom is -0.465 e. The summed E-state index contributed by atoms with van der Waals surface area (Å²) in [5.41, 5.74) is 3.52. The van der Waals surface area contributed by atoms with Gasteiger partial charge in [0.05, 0.1) is 36.2 Å². The Labute approximate surface area is 261 Å². The molecule has 0 fully saturated rings. The van der Waals surface area contributed by atoms with Crippen LogP contribution in [0.1, 0.15) is 35.1 Å². The van der Waals surface area contributed by atoms with Gasteiger partial charge in [-0.2, -0.15) is 4.31 Å². The molecule has 10 heteroatoms. The molecule has 0 spiro atoms. The minimum absolute atomic E-state index is 0.0742. The number of halogens is 1. The zero-order valence-electron chi connectivity index (χ0n) is 24.5. The van der Waals surface area contributed by atoms with Gasteiger partial charge in [-0.15, -0.1) is 0 Å². The maximum atomic E-state index is 13.7. The number of sulfonamides is 1. The van der Waals surface area contributed by atoms with Crippen LogP contribution in [0.2, 0.25) is 5.02 Å². The number of hydrogen-bond acceptors (Lipinski definition) is 6. The summed E-state index contributed by atoms with van der Waals surface area (Å²) >= 11 is 6.04. The van der Waals surface area contributed by atoms with Gasteiger partial charge >= 0.3 is 5.97 Å². The summed E-state index contributed by atoms with van der Waals surface area (Å²) in [6, 6.07) is 26.2. The number of benzene rings is 3. The van der Waals surface area contributed by atoms with E-state index in [-0.39, 0.29) is 41.6 Å². The van der Waals surface area contributed by atoms with Crippen LogP contribution in [0.5, 0.6) is 0 Å². The molecule has 0 radical (unpaired) electrons. The zero-order chi connectivity index (χ0) is 31.4. The lowest BCUT2D eigenvalue weighted by Crippen LogP contribution is -2.30. The lowest BCUT2D eigenvalue weighted by molar-refractivity contribution is -0.136. The number of rotatable bonds is 10. The first kappa shape index (κ1) is 31.0. The van der Waals surface area contributed by atoms with E-state index in [2.05, 4.69) is 0 Å². The molecule has 1 aliphatic heterocycles. The monoisotopic (exact) mass is 630 g/mol. The van der Waals surface area contributed by atoms with Crippen LogP contribution in [-0.2, 0) is 44.0 Å². The fourth-order valence-electron chi connectivity index (χ4n) is 4.93. The summed E-state index contributed by atoms with van der Waals surface area (Å²) in [4.78, 5) is 28.1. The number of ether oxygens (including phenoxy) is 1. The van der Waals surface area contributed by atoms with E-state index in [1.54, 1.807) is 73.7 Å². The SMILES string of the molecule is COC(=O)C1=C(C)N(Cc2ccc(C)cc2)C(=O)/C1=C/c1ccc(CN(Cc2ccc(Cl)cc2)S(=O)(=O)c2ccccc2)o1. The first-order chi connectivity index (χ1) is 21.1. The predicted molar refractivity (Wildman–Crippen MR) is 167 cm³/mol. The second-order valence-electron chi connectivity index (χ2n) is 10.4. The Balaban J connectivity index is 1.44. The molecule has 5 rings (SSSR count). The highest BCUT2D eigenvalue weighted by atomic mass is 35.5. The summed E-state index contributed by atoms with van der Waals surface area (Å²) in [6.45, 7) is 3.97. The zero-order valence-corrected chi connectivity index (χ0v) is 26.1. The third-order valence-electron chi connectivity index (χ3n) is 7.32. The standard InChI is InChI=1S/C34H31ClN2O6S/c1-23-9-11-26(12-10-23)21-37-24(2)32(34(39)42-3)31(33(37)38)19-28-17-18-29(43-28)22-36(20-25-13-15-27(35)16-14-25)44(40,41)30-7-5-4-6-8-30/h4-19H,20-22H2,1-3H3/b31-19+. The second kappa shape index (κ2) is 13.1. The molecule has 1 amide bonds. The first-order valence-electron chi connectivity index (χ1n) is 13.8. The van der Waals surface area contributed by atoms with Crippen molar-refractivity contribution in [3.63, 3.8) is 0 Å². The minimum atomic E-state index is -3.90. The highest BCUT2D eigenvalue weighted by molar-refractivity contribution is 7.89. The van der Waals surface area contributed by atoms with Crippen molar-refractivity contribution in [1.29, 1.82) is 0 Å². The Morgan fingerprint density at radius 1 is 0.909 bits per heavy atom. The number of methoxy groups -OCH3 is 1. The van der Waals surface area contributed by atoms with Gasteiger partial charge < -0.3 is 14.1 Å². The summed E-state index contributed by atoms with van der Waals surface area (Å²) in [7, 11) is -2.64. The molecule has 0 atom stereocenters. The molecule has 0 saturated carbocycles. The summed E-state index contributed by atoms with van der Waals surface area (Å²) < 4.78 is 39.7. The van der Waals surface area contributed by atoms with E-state index >= 15 is 0 Å². The van der Waals surface area contributed by atoms with Gasteiger partial charge in [0, 0.05) is 17.3 Å². The van der Waals surface area contributed by atoms with Gasteiger partial charge in [-0.3, -0.25) is 4.79 Å². The average Bonchev–Trinajstić information content (AvgIpc) is 3.56. The van der Waals surface area contributed by atoms with Crippen LogP contribution in [-0.4, -0.2) is 36.6 Å². The molecule has 0 saturated heterocycles. The highest BCUT2D eigenvalue weighted by Gasteiger charge is 2.37. The van der Waals surface area contributed by atoms with Crippen LogP contribution in [0.4, 0.5) is 0 Å². The Morgan fingerprint density at radius 2 is 1.57 bits per heavy atom. The molecule has 0 aliphatic carbocycles. The van der Waals surface area contributed by atoms with Crippen molar-refractivity contribution in [2.75, 3.05) is 7.11 Å². The van der Waals surface area contributed by atoms with Crippen LogP contribution in [0.3, 0.4) is 0 Å². The van der Waals surface area contributed by atoms with E-state index < -0.39 is 16.0 Å². The van der Waals surface area contributed by atoms with E-state index in [1.165, 1.54) is 22.4 Å². The molecule has 3 aromatic carbocycles. The van der Waals surface area contributed by atoms with Crippen molar-refractivity contribution in [3.05, 3.63) is 141 Å². The molecule has 8 nitrogen and oxygen atoms in total. The number of aryl methyl sites for hydroxylation is 1. The summed E-state index contributed by atoms with van der Waals surface area (Å²) in [6.07, 6.45) is 1.49. The number of carbonyl (C=O) groups excluding carboxylic acids is 2. The van der Waals surface area contributed by atoms with E-state index in [1.807, 2.05) is 31.2 Å². The van der Waals surface area contributed by atoms with E-state index in [0.717, 1.165) is 16.7 Å². The van der Waals surface area contributed by atoms with Crippen LogP contribution < -0.4 is 0 Å². The molecule has 1 aliphatic rings. The molecule has 2 heterocycles. The Kier molecular flexibility index (Phi) is 9.20. The van der Waals surface area contributed by atoms with E-state index in [9.17, 15) is 18.0 Å². The number of furan rings is 1. The van der Waals surface area contributed by atoms with Gasteiger partial charge in [0.1, 0.15) is 11.5 Å². The van der Waals surface area contributed by atoms with Gasteiger partial charge in [-0.05, 0) is 67.4 Å². The summed E-state index contributed by atoms with van der Waals surface area (Å²) in [5.74, 6) is -0.355. The van der Waals surface area contributed by atoms with Gasteiger partial charge in [-0.25, -0.2) is 13.2 Å². The fraction of sp³-hybridized carbons (Fsp3) is 0.176. The third kappa shape index (κ3) is 6.70. The largest absolute Gasteiger partial charge is 0.465 e. The summed E-state index contributed by atoms with van der Waals surface area (Å²) in [5, 5.41) is 0.546. The highest BCUT2D eigenvalue weighted by Crippen LogP contribution is 2.33. The number of nitrogens with zero attached hydrogens (tertiary/aromatic N) is 2. The third-order valence-corrected chi connectivity index (χ3v) is 9.37. The van der Waals surface area contributed by atoms with Crippen molar-refractivity contribution in [1.82, 2.24) is 9.21 Å².